The number of carbonyl (C=O) groups is 2. The molecule has 0 spiro atoms. The van der Waals surface area contributed by atoms with Gasteiger partial charge in [-0.25, -0.2) is 9.78 Å². The third-order valence-corrected chi connectivity index (χ3v) is 6.19. The van der Waals surface area contributed by atoms with Gasteiger partial charge in [0.1, 0.15) is 5.75 Å². The molecule has 0 bridgehead atoms. The summed E-state index contributed by atoms with van der Waals surface area (Å²) in [5.74, 6) is -0.317. The third kappa shape index (κ3) is 4.18. The van der Waals surface area contributed by atoms with Gasteiger partial charge in [0.25, 0.3) is 5.91 Å². The first-order chi connectivity index (χ1) is 16.5. The van der Waals surface area contributed by atoms with E-state index in [4.69, 9.17) is 9.72 Å². The summed E-state index contributed by atoms with van der Waals surface area (Å²) in [4.78, 5) is 30.8. The lowest BCUT2D eigenvalue weighted by molar-refractivity contribution is 0.0736. The number of esters is 1. The van der Waals surface area contributed by atoms with Crippen LogP contribution in [0.2, 0.25) is 0 Å². The Morgan fingerprint density at radius 3 is 2.47 bits per heavy atom. The summed E-state index contributed by atoms with van der Waals surface area (Å²) in [6, 6.07) is 21.7. The molecular weight excluding hydrogens is 448 g/mol. The number of thiophene rings is 1. The number of fused-ring (bicyclic) bond motifs is 1. The van der Waals surface area contributed by atoms with Gasteiger partial charge >= 0.3 is 5.97 Å². The van der Waals surface area contributed by atoms with Gasteiger partial charge in [0.2, 0.25) is 0 Å². The number of carbonyl (C=O) groups excluding carboxylic acids is 2. The smallest absolute Gasteiger partial charge is 0.344 e. The van der Waals surface area contributed by atoms with Crippen LogP contribution in [0.4, 0.5) is 5.69 Å². The zero-order chi connectivity index (χ0) is 23.7. The van der Waals surface area contributed by atoms with E-state index in [9.17, 15) is 9.59 Å². The fraction of sp³-hybridized carbons (Fsp3) is 0.0769. The van der Waals surface area contributed by atoms with Crippen LogP contribution in [0, 0.1) is 6.92 Å². The van der Waals surface area contributed by atoms with Gasteiger partial charge < -0.3 is 10.1 Å². The van der Waals surface area contributed by atoms with E-state index >= 15 is 0 Å². The standard InChI is InChI=1S/C26H20N4O3S/c1-16-23-20(15-21(17-7-4-3-5-8-17)28-24(23)30(2)29-16)26(32)33-19-12-10-18(11-13-19)27-25(31)22-9-6-14-34-22/h3-15H,1-2H3,(H,27,31). The van der Waals surface area contributed by atoms with Crippen LogP contribution in [0.5, 0.6) is 5.75 Å². The Kier molecular flexibility index (Phi) is 5.65. The SMILES string of the molecule is Cc1nn(C)c2nc(-c3ccccc3)cc(C(=O)Oc3ccc(NC(=O)c4cccs4)cc3)c12. The Morgan fingerprint density at radius 1 is 1.00 bits per heavy atom. The molecule has 0 radical (unpaired) electrons. The lowest BCUT2D eigenvalue weighted by Crippen LogP contribution is -2.11. The highest BCUT2D eigenvalue weighted by Gasteiger charge is 2.21. The third-order valence-electron chi connectivity index (χ3n) is 5.33. The molecule has 8 heteroatoms. The van der Waals surface area contributed by atoms with Gasteiger partial charge in [-0.15, -0.1) is 11.3 Å². The first-order valence-electron chi connectivity index (χ1n) is 10.6. The van der Waals surface area contributed by atoms with Crippen molar-refractivity contribution in [2.24, 2.45) is 7.05 Å². The van der Waals surface area contributed by atoms with Crippen LogP contribution >= 0.6 is 11.3 Å². The number of hydrogen-bond acceptors (Lipinski definition) is 6. The number of aromatic nitrogens is 3. The van der Waals surface area contributed by atoms with Crippen molar-refractivity contribution >= 4 is 39.9 Å². The topological polar surface area (TPSA) is 86.1 Å². The average Bonchev–Trinajstić information content (AvgIpc) is 3.49. The second-order valence-corrected chi connectivity index (χ2v) is 8.62. The summed E-state index contributed by atoms with van der Waals surface area (Å²) >= 11 is 1.37. The molecule has 3 aromatic heterocycles. The molecule has 2 aromatic carbocycles. The number of anilines is 1. The van der Waals surface area contributed by atoms with Gasteiger partial charge in [0.15, 0.2) is 5.65 Å². The number of hydrogen-bond donors (Lipinski definition) is 1. The summed E-state index contributed by atoms with van der Waals surface area (Å²) in [6.45, 7) is 1.84. The fourth-order valence-corrected chi connectivity index (χ4v) is 4.35. The van der Waals surface area contributed by atoms with E-state index in [1.54, 1.807) is 48.1 Å². The van der Waals surface area contributed by atoms with Crippen molar-refractivity contribution in [3.8, 4) is 17.0 Å². The average molecular weight is 469 g/mol. The largest absolute Gasteiger partial charge is 0.423 e. The lowest BCUT2D eigenvalue weighted by Gasteiger charge is -2.10. The fourth-order valence-electron chi connectivity index (χ4n) is 3.73. The van der Waals surface area contributed by atoms with Crippen molar-refractivity contribution < 1.29 is 14.3 Å². The first-order valence-corrected chi connectivity index (χ1v) is 11.4. The minimum absolute atomic E-state index is 0.181. The Morgan fingerprint density at radius 2 is 1.76 bits per heavy atom. The van der Waals surface area contributed by atoms with E-state index in [1.807, 2.05) is 48.7 Å². The Balaban J connectivity index is 1.42. The van der Waals surface area contributed by atoms with Crippen LogP contribution in [-0.2, 0) is 7.05 Å². The molecule has 0 atom stereocenters. The molecule has 34 heavy (non-hydrogen) atoms. The molecule has 5 rings (SSSR count). The number of benzene rings is 2. The molecule has 0 aliphatic heterocycles. The molecule has 5 aromatic rings. The van der Waals surface area contributed by atoms with Crippen LogP contribution in [0.3, 0.4) is 0 Å². The molecule has 1 N–H and O–H groups in total. The minimum atomic E-state index is -0.504. The number of nitrogens with one attached hydrogen (secondary N) is 1. The minimum Gasteiger partial charge on any atom is -0.423 e. The maximum Gasteiger partial charge on any atom is 0.344 e. The summed E-state index contributed by atoms with van der Waals surface area (Å²) in [6.07, 6.45) is 0. The molecule has 0 aliphatic carbocycles. The quantitative estimate of drug-likeness (QED) is 0.273. The van der Waals surface area contributed by atoms with Crippen molar-refractivity contribution in [3.05, 3.63) is 94.3 Å². The van der Waals surface area contributed by atoms with Crippen LogP contribution in [-0.4, -0.2) is 26.6 Å². The van der Waals surface area contributed by atoms with Crippen molar-refractivity contribution in [1.29, 1.82) is 0 Å². The highest BCUT2D eigenvalue weighted by atomic mass is 32.1. The number of aryl methyl sites for hydroxylation is 2. The van der Waals surface area contributed by atoms with E-state index in [1.165, 1.54) is 11.3 Å². The second kappa shape index (κ2) is 8.92. The van der Waals surface area contributed by atoms with Gasteiger partial charge in [0.05, 0.1) is 27.2 Å². The second-order valence-electron chi connectivity index (χ2n) is 7.67. The van der Waals surface area contributed by atoms with E-state index in [0.29, 0.717) is 44.3 Å². The zero-order valence-corrected chi connectivity index (χ0v) is 19.3. The normalized spacial score (nSPS) is 10.9. The number of rotatable bonds is 5. The molecule has 0 saturated heterocycles. The highest BCUT2D eigenvalue weighted by molar-refractivity contribution is 7.12. The van der Waals surface area contributed by atoms with Gasteiger partial charge in [-0.05, 0) is 48.7 Å². The van der Waals surface area contributed by atoms with Crippen molar-refractivity contribution in [3.63, 3.8) is 0 Å². The summed E-state index contributed by atoms with van der Waals surface area (Å²) < 4.78 is 7.35. The molecule has 0 saturated carbocycles. The van der Waals surface area contributed by atoms with Gasteiger partial charge in [-0.3, -0.25) is 9.48 Å². The van der Waals surface area contributed by atoms with Crippen LogP contribution in [0.25, 0.3) is 22.3 Å². The molecule has 0 unspecified atom stereocenters. The van der Waals surface area contributed by atoms with Gasteiger partial charge in [-0.2, -0.15) is 5.10 Å². The van der Waals surface area contributed by atoms with E-state index in [0.717, 1.165) is 5.56 Å². The molecule has 0 fully saturated rings. The predicted molar refractivity (Wildman–Crippen MR) is 132 cm³/mol. The Hall–Kier alpha value is -4.30. The summed E-state index contributed by atoms with van der Waals surface area (Å²) in [7, 11) is 1.80. The highest BCUT2D eigenvalue weighted by Crippen LogP contribution is 2.28. The lowest BCUT2D eigenvalue weighted by atomic mass is 10.1. The molecule has 0 aliphatic rings. The Bertz CT molecular complexity index is 1490. The molecule has 3 heterocycles. The number of amides is 1. The van der Waals surface area contributed by atoms with Crippen LogP contribution in [0.1, 0.15) is 25.7 Å². The first kappa shape index (κ1) is 21.5. The van der Waals surface area contributed by atoms with Crippen LogP contribution < -0.4 is 10.1 Å². The maximum absolute atomic E-state index is 13.2. The van der Waals surface area contributed by atoms with Crippen molar-refractivity contribution in [2.45, 2.75) is 6.92 Å². The van der Waals surface area contributed by atoms with Crippen molar-refractivity contribution in [2.75, 3.05) is 5.32 Å². The van der Waals surface area contributed by atoms with E-state index in [2.05, 4.69) is 10.4 Å². The Labute approximate surface area is 199 Å². The van der Waals surface area contributed by atoms with E-state index in [-0.39, 0.29) is 5.91 Å². The van der Waals surface area contributed by atoms with Gasteiger partial charge in [-0.1, -0.05) is 36.4 Å². The maximum atomic E-state index is 13.2. The van der Waals surface area contributed by atoms with Gasteiger partial charge in [0, 0.05) is 18.3 Å². The number of nitrogens with zero attached hydrogens (tertiary/aromatic N) is 3. The number of ether oxygens (including phenoxy) is 1. The molecule has 7 nitrogen and oxygen atoms in total. The molecule has 168 valence electrons. The number of pyridine rings is 1. The van der Waals surface area contributed by atoms with Crippen molar-refractivity contribution in [1.82, 2.24) is 14.8 Å². The molecular formula is C26H20N4O3S. The summed E-state index contributed by atoms with van der Waals surface area (Å²) in [5, 5.41) is 9.78. The molecule has 1 amide bonds. The van der Waals surface area contributed by atoms with Crippen LogP contribution in [0.15, 0.2) is 78.2 Å². The monoisotopic (exact) mass is 468 g/mol. The summed E-state index contributed by atoms with van der Waals surface area (Å²) in [5.41, 5.74) is 3.86. The zero-order valence-electron chi connectivity index (χ0n) is 18.5. The predicted octanol–water partition coefficient (Wildman–Crippen LogP) is 5.48. The van der Waals surface area contributed by atoms with E-state index < -0.39 is 5.97 Å².